The molecule has 0 radical (unpaired) electrons. The van der Waals surface area contributed by atoms with E-state index in [9.17, 15) is 9.90 Å². The van der Waals surface area contributed by atoms with Crippen molar-refractivity contribution in [1.29, 1.82) is 0 Å². The molecule has 3 heterocycles. The van der Waals surface area contributed by atoms with Crippen LogP contribution in [0.2, 0.25) is 0 Å². The van der Waals surface area contributed by atoms with Crippen LogP contribution >= 0.6 is 15.9 Å². The number of rotatable bonds is 7. The molecule has 9 heteroatoms. The molecule has 0 saturated carbocycles. The van der Waals surface area contributed by atoms with Crippen LogP contribution in [0, 0.1) is 0 Å². The van der Waals surface area contributed by atoms with E-state index in [0.717, 1.165) is 52.7 Å². The van der Waals surface area contributed by atoms with Gasteiger partial charge in [-0.15, -0.1) is 0 Å². The van der Waals surface area contributed by atoms with Crippen molar-refractivity contribution in [3.05, 3.63) is 82.3 Å². The summed E-state index contributed by atoms with van der Waals surface area (Å²) >= 11 is 3.65. The molecule has 0 unspecified atom stereocenters. The molecular formula is C25H23BrN5NaO2. The van der Waals surface area contributed by atoms with Crippen molar-refractivity contribution in [1.82, 2.24) is 24.3 Å². The molecule has 0 fully saturated rings. The second-order valence-corrected chi connectivity index (χ2v) is 8.69. The Morgan fingerprint density at radius 2 is 1.91 bits per heavy atom. The number of fused-ring (bicyclic) bond motifs is 2. The van der Waals surface area contributed by atoms with Crippen LogP contribution in [0.15, 0.2) is 65.4 Å². The Balaban J connectivity index is 0.00000274. The van der Waals surface area contributed by atoms with Crippen molar-refractivity contribution >= 4 is 73.5 Å². The van der Waals surface area contributed by atoms with E-state index in [1.54, 1.807) is 35.1 Å². The molecular weight excluding hydrogens is 505 g/mol. The van der Waals surface area contributed by atoms with Gasteiger partial charge in [0.05, 0.1) is 23.3 Å². The first-order chi connectivity index (χ1) is 16.1. The van der Waals surface area contributed by atoms with Gasteiger partial charge < -0.3 is 9.67 Å². The second-order valence-electron chi connectivity index (χ2n) is 7.94. The van der Waals surface area contributed by atoms with Gasteiger partial charge in [-0.05, 0) is 64.3 Å². The molecule has 2 aromatic carbocycles. The van der Waals surface area contributed by atoms with Crippen LogP contribution in [-0.2, 0) is 13.0 Å². The van der Waals surface area contributed by atoms with E-state index in [1.165, 1.54) is 0 Å². The van der Waals surface area contributed by atoms with Gasteiger partial charge in [0.1, 0.15) is 15.9 Å². The first-order valence-electron chi connectivity index (χ1n) is 10.9. The van der Waals surface area contributed by atoms with Crippen molar-refractivity contribution in [2.75, 3.05) is 0 Å². The van der Waals surface area contributed by atoms with Gasteiger partial charge in [0, 0.05) is 18.0 Å². The predicted octanol–water partition coefficient (Wildman–Crippen LogP) is 4.97. The topological polar surface area (TPSA) is 85.8 Å². The van der Waals surface area contributed by atoms with Crippen molar-refractivity contribution in [3.63, 3.8) is 0 Å². The standard InChI is InChI=1S/C25H22BrN5O2.Na.H/c1-2-3-10-22-28-20-8-6-13-27-24(20)30(22)15-16-11-12-19-18(14-16)23(26)31(29-19)21-9-5-4-7-17(21)25(32)33;;/h4-9,11-14H,2-3,10,15H2,1H3,(H,32,33);;. The van der Waals surface area contributed by atoms with Crippen LogP contribution < -0.4 is 0 Å². The zero-order valence-corrected chi connectivity index (χ0v) is 19.7. The van der Waals surface area contributed by atoms with Gasteiger partial charge in [0.15, 0.2) is 5.65 Å². The molecule has 5 aromatic rings. The third-order valence-electron chi connectivity index (χ3n) is 5.72. The number of unbranched alkanes of at least 4 members (excludes halogenated alkanes) is 1. The first-order valence-corrected chi connectivity index (χ1v) is 11.7. The summed E-state index contributed by atoms with van der Waals surface area (Å²) in [5.74, 6) is 0.0487. The van der Waals surface area contributed by atoms with Gasteiger partial charge in [-0.3, -0.25) is 0 Å². The van der Waals surface area contributed by atoms with Crippen molar-refractivity contribution in [3.8, 4) is 5.69 Å². The number of para-hydroxylation sites is 1. The van der Waals surface area contributed by atoms with Crippen molar-refractivity contribution < 1.29 is 9.90 Å². The molecule has 0 saturated heterocycles. The molecule has 7 nitrogen and oxygen atoms in total. The zero-order chi connectivity index (χ0) is 22.9. The van der Waals surface area contributed by atoms with E-state index < -0.39 is 5.97 Å². The van der Waals surface area contributed by atoms with E-state index >= 15 is 0 Å². The summed E-state index contributed by atoms with van der Waals surface area (Å²) in [5.41, 5.74) is 4.38. The molecule has 3 aromatic heterocycles. The van der Waals surface area contributed by atoms with Gasteiger partial charge >= 0.3 is 35.5 Å². The Morgan fingerprint density at radius 3 is 2.71 bits per heavy atom. The number of aromatic carboxylic acids is 1. The average Bonchev–Trinajstić information content (AvgIpc) is 3.35. The molecule has 0 aliphatic rings. The SMILES string of the molecule is CCCCc1nc2cccnc2n1Cc1ccc2nn(-c3ccccc3C(=O)O)c(Br)c2c1.[NaH]. The molecule has 0 spiro atoms. The Hall–Kier alpha value is -2.52. The molecule has 0 atom stereocenters. The number of aromatic nitrogens is 5. The molecule has 0 amide bonds. The van der Waals surface area contributed by atoms with Crippen LogP contribution in [0.3, 0.4) is 0 Å². The number of carbonyl (C=O) groups is 1. The Morgan fingerprint density at radius 1 is 1.09 bits per heavy atom. The quantitative estimate of drug-likeness (QED) is 0.302. The number of hydrogen-bond acceptors (Lipinski definition) is 4. The molecule has 5 rings (SSSR count). The molecule has 0 aliphatic carbocycles. The van der Waals surface area contributed by atoms with E-state index in [1.807, 2.05) is 24.3 Å². The maximum absolute atomic E-state index is 11.7. The fourth-order valence-corrected chi connectivity index (χ4v) is 4.67. The average molecular weight is 528 g/mol. The normalized spacial score (nSPS) is 11.1. The van der Waals surface area contributed by atoms with Gasteiger partial charge in [0.25, 0.3) is 0 Å². The fourth-order valence-electron chi connectivity index (χ4n) is 4.08. The number of imidazole rings is 1. The van der Waals surface area contributed by atoms with Crippen molar-refractivity contribution in [2.45, 2.75) is 32.7 Å². The maximum atomic E-state index is 11.7. The predicted molar refractivity (Wildman–Crippen MR) is 138 cm³/mol. The van der Waals surface area contributed by atoms with E-state index in [-0.39, 0.29) is 35.1 Å². The molecule has 34 heavy (non-hydrogen) atoms. The minimum absolute atomic E-state index is 0. The summed E-state index contributed by atoms with van der Waals surface area (Å²) in [7, 11) is 0. The number of pyridine rings is 1. The number of carboxylic acids is 1. The monoisotopic (exact) mass is 527 g/mol. The van der Waals surface area contributed by atoms with E-state index in [0.29, 0.717) is 16.8 Å². The van der Waals surface area contributed by atoms with Gasteiger partial charge in [-0.1, -0.05) is 31.5 Å². The number of nitrogens with zero attached hydrogens (tertiary/aromatic N) is 5. The molecule has 0 aliphatic heterocycles. The summed E-state index contributed by atoms with van der Waals surface area (Å²) in [5, 5.41) is 15.1. The van der Waals surface area contributed by atoms with Gasteiger partial charge in [-0.2, -0.15) is 5.10 Å². The number of aryl methyl sites for hydroxylation is 1. The van der Waals surface area contributed by atoms with Crippen LogP contribution in [-0.4, -0.2) is 64.9 Å². The molecule has 168 valence electrons. The summed E-state index contributed by atoms with van der Waals surface area (Å²) in [6.07, 6.45) is 4.88. The number of halogens is 1. The number of hydrogen-bond donors (Lipinski definition) is 1. The van der Waals surface area contributed by atoms with Gasteiger partial charge in [-0.25, -0.2) is 19.4 Å². The van der Waals surface area contributed by atoms with E-state index in [4.69, 9.17) is 4.98 Å². The Kier molecular flexibility index (Phi) is 7.52. The van der Waals surface area contributed by atoms with Crippen LogP contribution in [0.25, 0.3) is 27.8 Å². The van der Waals surface area contributed by atoms with E-state index in [2.05, 4.69) is 43.6 Å². The Labute approximate surface area is 227 Å². The fraction of sp³-hybridized carbons (Fsp3) is 0.200. The number of benzene rings is 2. The summed E-state index contributed by atoms with van der Waals surface area (Å²) in [6.45, 7) is 2.82. The number of carboxylic acid groups (broad SMARTS) is 1. The summed E-state index contributed by atoms with van der Waals surface area (Å²) < 4.78 is 4.54. The van der Waals surface area contributed by atoms with Crippen LogP contribution in [0.5, 0.6) is 0 Å². The van der Waals surface area contributed by atoms with Crippen LogP contribution in [0.4, 0.5) is 0 Å². The van der Waals surface area contributed by atoms with Gasteiger partial charge in [0.2, 0.25) is 0 Å². The summed E-state index contributed by atoms with van der Waals surface area (Å²) in [6, 6.07) is 16.9. The zero-order valence-electron chi connectivity index (χ0n) is 18.1. The third kappa shape index (κ3) is 4.55. The first kappa shape index (κ1) is 24.6. The van der Waals surface area contributed by atoms with Crippen molar-refractivity contribution in [2.24, 2.45) is 0 Å². The van der Waals surface area contributed by atoms with Crippen LogP contribution in [0.1, 0.15) is 41.5 Å². The molecule has 0 bridgehead atoms. The Bertz CT molecular complexity index is 1490. The molecule has 1 N–H and O–H groups in total. The second kappa shape index (κ2) is 10.4. The summed E-state index contributed by atoms with van der Waals surface area (Å²) in [4.78, 5) is 21.1. The third-order valence-corrected chi connectivity index (χ3v) is 6.48. The minimum atomic E-state index is -0.989.